The predicted molar refractivity (Wildman–Crippen MR) is 59.0 cm³/mol. The molecule has 15 heavy (non-hydrogen) atoms. The second-order valence-electron chi connectivity index (χ2n) is 4.01. The zero-order valence-corrected chi connectivity index (χ0v) is 8.77. The lowest BCUT2D eigenvalue weighted by atomic mass is 10.3. The largest absolute Gasteiger partial charge is 0.367 e. The van der Waals surface area contributed by atoms with Gasteiger partial charge in [0.05, 0.1) is 6.20 Å². The van der Waals surface area contributed by atoms with Crippen molar-refractivity contribution < 1.29 is 0 Å². The fourth-order valence-corrected chi connectivity index (χ4v) is 1.69. The molecule has 0 amide bonds. The summed E-state index contributed by atoms with van der Waals surface area (Å²) in [6.45, 7) is 2.12. The Balaban J connectivity index is 2.09. The van der Waals surface area contributed by atoms with E-state index in [2.05, 4.69) is 28.4 Å². The molecule has 4 heteroatoms. The summed E-state index contributed by atoms with van der Waals surface area (Å²) in [7, 11) is 0. The van der Waals surface area contributed by atoms with Crippen molar-refractivity contribution in [3.05, 3.63) is 24.0 Å². The number of hydrogen-bond acceptors (Lipinski definition) is 3. The van der Waals surface area contributed by atoms with Gasteiger partial charge in [-0.05, 0) is 19.3 Å². The number of aromatic nitrogens is 3. The molecular weight excluding hydrogens is 188 g/mol. The SMILES string of the molecule is CCc1cc(NC2CC2)n2nccc2n1. The number of nitrogens with one attached hydrogen (secondary N) is 1. The second-order valence-corrected chi connectivity index (χ2v) is 4.01. The number of rotatable bonds is 3. The highest BCUT2D eigenvalue weighted by Gasteiger charge is 2.22. The van der Waals surface area contributed by atoms with Crippen LogP contribution in [0, 0.1) is 0 Å². The van der Waals surface area contributed by atoms with Gasteiger partial charge in [-0.2, -0.15) is 9.61 Å². The van der Waals surface area contributed by atoms with Gasteiger partial charge in [0, 0.05) is 23.9 Å². The van der Waals surface area contributed by atoms with Crippen LogP contribution in [0.5, 0.6) is 0 Å². The van der Waals surface area contributed by atoms with Gasteiger partial charge in [-0.15, -0.1) is 0 Å². The van der Waals surface area contributed by atoms with Crippen LogP contribution in [0.4, 0.5) is 5.82 Å². The molecule has 0 saturated heterocycles. The van der Waals surface area contributed by atoms with E-state index in [1.807, 2.05) is 10.6 Å². The molecule has 2 heterocycles. The van der Waals surface area contributed by atoms with E-state index in [4.69, 9.17) is 0 Å². The monoisotopic (exact) mass is 202 g/mol. The van der Waals surface area contributed by atoms with Crippen LogP contribution in [-0.4, -0.2) is 20.6 Å². The van der Waals surface area contributed by atoms with E-state index in [1.165, 1.54) is 12.8 Å². The molecule has 0 aliphatic heterocycles. The van der Waals surface area contributed by atoms with Gasteiger partial charge in [-0.1, -0.05) is 6.92 Å². The Morgan fingerprint density at radius 2 is 2.40 bits per heavy atom. The van der Waals surface area contributed by atoms with Crippen LogP contribution in [-0.2, 0) is 6.42 Å². The lowest BCUT2D eigenvalue weighted by molar-refractivity contribution is 0.902. The molecule has 0 bridgehead atoms. The Bertz CT molecular complexity index is 484. The molecule has 0 aromatic carbocycles. The van der Waals surface area contributed by atoms with Gasteiger partial charge < -0.3 is 5.32 Å². The predicted octanol–water partition coefficient (Wildman–Crippen LogP) is 1.87. The summed E-state index contributed by atoms with van der Waals surface area (Å²) in [6, 6.07) is 4.68. The van der Waals surface area contributed by atoms with Crippen LogP contribution < -0.4 is 5.32 Å². The third kappa shape index (κ3) is 1.56. The number of hydrogen-bond donors (Lipinski definition) is 1. The molecular formula is C11H14N4. The van der Waals surface area contributed by atoms with Crippen molar-refractivity contribution in [3.8, 4) is 0 Å². The summed E-state index contributed by atoms with van der Waals surface area (Å²) in [5.74, 6) is 1.07. The minimum atomic E-state index is 0.643. The van der Waals surface area contributed by atoms with E-state index in [0.29, 0.717) is 6.04 Å². The molecule has 0 spiro atoms. The van der Waals surface area contributed by atoms with Crippen LogP contribution in [0.15, 0.2) is 18.3 Å². The molecule has 1 aliphatic carbocycles. The molecule has 0 radical (unpaired) electrons. The molecule has 2 aromatic rings. The number of aryl methyl sites for hydroxylation is 1. The second kappa shape index (κ2) is 3.22. The minimum absolute atomic E-state index is 0.643. The molecule has 2 aromatic heterocycles. The third-order valence-electron chi connectivity index (χ3n) is 2.70. The first-order chi connectivity index (χ1) is 7.36. The Kier molecular flexibility index (Phi) is 1.87. The van der Waals surface area contributed by atoms with Gasteiger partial charge in [0.2, 0.25) is 0 Å². The van der Waals surface area contributed by atoms with Crippen LogP contribution in [0.3, 0.4) is 0 Å². The highest BCUT2D eigenvalue weighted by molar-refractivity contribution is 5.50. The van der Waals surface area contributed by atoms with E-state index in [1.54, 1.807) is 6.20 Å². The lowest BCUT2D eigenvalue weighted by Gasteiger charge is -2.08. The summed E-state index contributed by atoms with van der Waals surface area (Å²) in [4.78, 5) is 4.50. The van der Waals surface area contributed by atoms with Crippen molar-refractivity contribution in [2.45, 2.75) is 32.2 Å². The minimum Gasteiger partial charge on any atom is -0.367 e. The van der Waals surface area contributed by atoms with Crippen LogP contribution >= 0.6 is 0 Å². The smallest absolute Gasteiger partial charge is 0.157 e. The Labute approximate surface area is 88.3 Å². The maximum absolute atomic E-state index is 4.50. The molecule has 0 atom stereocenters. The van der Waals surface area contributed by atoms with Gasteiger partial charge in [-0.25, -0.2) is 4.98 Å². The van der Waals surface area contributed by atoms with Crippen molar-refractivity contribution in [1.29, 1.82) is 0 Å². The molecule has 0 unspecified atom stereocenters. The van der Waals surface area contributed by atoms with Crippen molar-refractivity contribution in [3.63, 3.8) is 0 Å². The van der Waals surface area contributed by atoms with Crippen LogP contribution in [0.1, 0.15) is 25.5 Å². The topological polar surface area (TPSA) is 42.2 Å². The fourth-order valence-electron chi connectivity index (χ4n) is 1.69. The number of fused-ring (bicyclic) bond motifs is 1. The Hall–Kier alpha value is -1.58. The molecule has 1 aliphatic rings. The van der Waals surface area contributed by atoms with Gasteiger partial charge in [0.15, 0.2) is 5.65 Å². The standard InChI is InChI=1S/C11H14N4/c1-2-8-7-11(14-9-3-4-9)15-10(13-8)5-6-12-15/h5-7,9,14H,2-4H2,1H3. The van der Waals surface area contributed by atoms with E-state index in [-0.39, 0.29) is 0 Å². The number of nitrogens with zero attached hydrogens (tertiary/aromatic N) is 3. The van der Waals surface area contributed by atoms with Crippen molar-refractivity contribution in [2.75, 3.05) is 5.32 Å². The zero-order valence-electron chi connectivity index (χ0n) is 8.77. The highest BCUT2D eigenvalue weighted by atomic mass is 15.3. The molecule has 3 rings (SSSR count). The normalized spacial score (nSPS) is 15.8. The summed E-state index contributed by atoms with van der Waals surface area (Å²) in [6.07, 6.45) is 5.29. The summed E-state index contributed by atoms with van der Waals surface area (Å²) < 4.78 is 1.87. The summed E-state index contributed by atoms with van der Waals surface area (Å²) in [5, 5.41) is 7.75. The van der Waals surface area contributed by atoms with E-state index >= 15 is 0 Å². The molecule has 1 fully saturated rings. The Morgan fingerprint density at radius 3 is 3.13 bits per heavy atom. The maximum Gasteiger partial charge on any atom is 0.157 e. The van der Waals surface area contributed by atoms with Gasteiger partial charge in [0.1, 0.15) is 5.82 Å². The van der Waals surface area contributed by atoms with Gasteiger partial charge in [0.25, 0.3) is 0 Å². The van der Waals surface area contributed by atoms with Gasteiger partial charge >= 0.3 is 0 Å². The van der Waals surface area contributed by atoms with Gasteiger partial charge in [-0.3, -0.25) is 0 Å². The summed E-state index contributed by atoms with van der Waals surface area (Å²) >= 11 is 0. The van der Waals surface area contributed by atoms with Crippen molar-refractivity contribution in [2.24, 2.45) is 0 Å². The molecule has 1 saturated carbocycles. The summed E-state index contributed by atoms with van der Waals surface area (Å²) in [5.41, 5.74) is 2.05. The molecule has 4 nitrogen and oxygen atoms in total. The Morgan fingerprint density at radius 1 is 1.53 bits per heavy atom. The lowest BCUT2D eigenvalue weighted by Crippen LogP contribution is -2.08. The van der Waals surface area contributed by atoms with E-state index in [9.17, 15) is 0 Å². The zero-order chi connectivity index (χ0) is 10.3. The van der Waals surface area contributed by atoms with E-state index < -0.39 is 0 Å². The van der Waals surface area contributed by atoms with Crippen molar-refractivity contribution in [1.82, 2.24) is 14.6 Å². The fraction of sp³-hybridized carbons (Fsp3) is 0.455. The highest BCUT2D eigenvalue weighted by Crippen LogP contribution is 2.25. The number of anilines is 1. The van der Waals surface area contributed by atoms with Crippen LogP contribution in [0.25, 0.3) is 5.65 Å². The molecule has 1 N–H and O–H groups in total. The molecule has 78 valence electrons. The first kappa shape index (κ1) is 8.71. The van der Waals surface area contributed by atoms with E-state index in [0.717, 1.165) is 23.6 Å². The van der Waals surface area contributed by atoms with Crippen molar-refractivity contribution >= 4 is 11.5 Å². The van der Waals surface area contributed by atoms with Crippen LogP contribution in [0.2, 0.25) is 0 Å². The first-order valence-corrected chi connectivity index (χ1v) is 5.47. The average molecular weight is 202 g/mol. The quantitative estimate of drug-likeness (QED) is 0.826. The first-order valence-electron chi connectivity index (χ1n) is 5.47. The third-order valence-corrected chi connectivity index (χ3v) is 2.70. The average Bonchev–Trinajstić information content (AvgIpc) is 2.93. The maximum atomic E-state index is 4.50.